The number of aliphatic hydroxyl groups is 1. The molecule has 4 nitrogen and oxygen atoms in total. The quantitative estimate of drug-likeness (QED) is 0.588. The molecule has 0 atom stereocenters. The molecule has 0 aromatic rings. The van der Waals surface area contributed by atoms with Crippen LogP contribution < -0.4 is 6.15 Å². The summed E-state index contributed by atoms with van der Waals surface area (Å²) < 4.78 is 4.67. The zero-order chi connectivity index (χ0) is 8.20. The Balaban J connectivity index is 0. The molecule has 0 spiro atoms. The summed E-state index contributed by atoms with van der Waals surface area (Å²) in [4.78, 5) is 10.9. The zero-order valence-electron chi connectivity index (χ0n) is 7.39. The van der Waals surface area contributed by atoms with Crippen LogP contribution >= 0.6 is 0 Å². The summed E-state index contributed by atoms with van der Waals surface area (Å²) in [5.74, 6) is -0.276. The first kappa shape index (κ1) is 13.0. The van der Waals surface area contributed by atoms with Gasteiger partial charge in [-0.15, -0.1) is 0 Å². The van der Waals surface area contributed by atoms with Crippen molar-refractivity contribution in [3.05, 3.63) is 0 Å². The van der Waals surface area contributed by atoms with Gasteiger partial charge in [0.25, 0.3) is 0 Å². The number of ether oxygens (including phenoxy) is 1. The molecule has 11 heavy (non-hydrogen) atoms. The van der Waals surface area contributed by atoms with Gasteiger partial charge in [-0.05, 0) is 20.8 Å². The molecule has 0 saturated carbocycles. The van der Waals surface area contributed by atoms with Crippen LogP contribution in [0.4, 0.5) is 0 Å². The summed E-state index contributed by atoms with van der Waals surface area (Å²) in [6.07, 6.45) is 0. The van der Waals surface area contributed by atoms with Gasteiger partial charge in [-0.3, -0.25) is 4.79 Å². The summed E-state index contributed by atoms with van der Waals surface area (Å²) in [7, 11) is 0. The van der Waals surface area contributed by atoms with Gasteiger partial charge in [0, 0.05) is 0 Å². The lowest BCUT2D eigenvalue weighted by Gasteiger charge is -2.15. The molecular formula is C7H17NO3. The van der Waals surface area contributed by atoms with Gasteiger partial charge in [0.2, 0.25) is 0 Å². The van der Waals surface area contributed by atoms with Crippen LogP contribution in [0, 0.1) is 5.41 Å². The van der Waals surface area contributed by atoms with E-state index in [1.807, 2.05) is 0 Å². The summed E-state index contributed by atoms with van der Waals surface area (Å²) in [6.45, 7) is 5.30. The van der Waals surface area contributed by atoms with Crippen LogP contribution in [0.2, 0.25) is 0 Å². The van der Waals surface area contributed by atoms with Crippen LogP contribution in [0.25, 0.3) is 0 Å². The van der Waals surface area contributed by atoms with E-state index in [0.29, 0.717) is 0 Å². The number of hydrogen-bond donors (Lipinski definition) is 2. The van der Waals surface area contributed by atoms with E-state index in [9.17, 15) is 4.79 Å². The van der Waals surface area contributed by atoms with Crippen LogP contribution in [-0.2, 0) is 9.53 Å². The van der Waals surface area contributed by atoms with Crippen molar-refractivity contribution in [3.63, 3.8) is 0 Å². The highest BCUT2D eigenvalue weighted by Gasteiger charge is 2.22. The maximum atomic E-state index is 10.9. The van der Waals surface area contributed by atoms with E-state index >= 15 is 0 Å². The fourth-order valence-corrected chi connectivity index (χ4v) is 0.355. The number of hydrogen-bond acceptors (Lipinski definition) is 4. The van der Waals surface area contributed by atoms with E-state index in [-0.39, 0.29) is 25.3 Å². The fourth-order valence-electron chi connectivity index (χ4n) is 0.355. The predicted molar refractivity (Wildman–Crippen MR) is 42.5 cm³/mol. The standard InChI is InChI=1S/C7H14O3.H3N/c1-7(2,3)6(9)10-5-4-8;/h8H,4-5H2,1-3H3;1H3. The first-order chi connectivity index (χ1) is 4.48. The normalized spacial score (nSPS) is 10.2. The molecule has 0 bridgehead atoms. The summed E-state index contributed by atoms with van der Waals surface area (Å²) in [5, 5.41) is 8.30. The second-order valence-electron chi connectivity index (χ2n) is 3.11. The summed E-state index contributed by atoms with van der Waals surface area (Å²) >= 11 is 0. The Morgan fingerprint density at radius 1 is 1.45 bits per heavy atom. The number of aliphatic hydroxyl groups excluding tert-OH is 1. The lowest BCUT2D eigenvalue weighted by Crippen LogP contribution is -2.24. The monoisotopic (exact) mass is 163 g/mol. The molecule has 0 amide bonds. The summed E-state index contributed by atoms with van der Waals surface area (Å²) in [5.41, 5.74) is -0.463. The molecule has 0 rings (SSSR count). The van der Waals surface area contributed by atoms with E-state index in [1.54, 1.807) is 20.8 Å². The van der Waals surface area contributed by atoms with Crippen LogP contribution in [0.1, 0.15) is 20.8 Å². The first-order valence-electron chi connectivity index (χ1n) is 3.26. The Labute approximate surface area is 67.1 Å². The Kier molecular flexibility index (Phi) is 6.03. The number of carbonyl (C=O) groups excluding carboxylic acids is 1. The fraction of sp³-hybridized carbons (Fsp3) is 0.857. The van der Waals surface area contributed by atoms with E-state index in [2.05, 4.69) is 4.74 Å². The smallest absolute Gasteiger partial charge is 0.311 e. The molecule has 4 N–H and O–H groups in total. The van der Waals surface area contributed by atoms with Crippen molar-refractivity contribution in [3.8, 4) is 0 Å². The molecule has 0 fully saturated rings. The van der Waals surface area contributed by atoms with Crippen molar-refractivity contribution in [2.45, 2.75) is 20.8 Å². The van der Waals surface area contributed by atoms with Gasteiger partial charge in [-0.2, -0.15) is 0 Å². The van der Waals surface area contributed by atoms with Gasteiger partial charge in [0.15, 0.2) is 0 Å². The minimum atomic E-state index is -0.463. The Bertz CT molecular complexity index is 117. The van der Waals surface area contributed by atoms with Gasteiger partial charge in [-0.25, -0.2) is 0 Å². The highest BCUT2D eigenvalue weighted by molar-refractivity contribution is 5.75. The maximum Gasteiger partial charge on any atom is 0.311 e. The van der Waals surface area contributed by atoms with Gasteiger partial charge >= 0.3 is 5.97 Å². The Morgan fingerprint density at radius 3 is 2.18 bits per heavy atom. The number of esters is 1. The average Bonchev–Trinajstić information content (AvgIpc) is 1.80. The lowest BCUT2D eigenvalue weighted by molar-refractivity contribution is -0.153. The molecule has 4 heteroatoms. The van der Waals surface area contributed by atoms with Gasteiger partial charge in [-0.1, -0.05) is 0 Å². The molecule has 0 aromatic heterocycles. The van der Waals surface area contributed by atoms with E-state index < -0.39 is 5.41 Å². The second kappa shape index (κ2) is 5.09. The number of carbonyl (C=O) groups is 1. The van der Waals surface area contributed by atoms with Crippen LogP contribution in [-0.4, -0.2) is 24.3 Å². The van der Waals surface area contributed by atoms with E-state index in [0.717, 1.165) is 0 Å². The third-order valence-corrected chi connectivity index (χ3v) is 0.937. The van der Waals surface area contributed by atoms with E-state index in [4.69, 9.17) is 5.11 Å². The molecule has 0 radical (unpaired) electrons. The minimum Gasteiger partial charge on any atom is -0.463 e. The average molecular weight is 163 g/mol. The molecule has 68 valence electrons. The molecular weight excluding hydrogens is 146 g/mol. The lowest BCUT2D eigenvalue weighted by atomic mass is 9.97. The van der Waals surface area contributed by atoms with Gasteiger partial charge < -0.3 is 16.0 Å². The van der Waals surface area contributed by atoms with Gasteiger partial charge in [0.05, 0.1) is 12.0 Å². The second-order valence-corrected chi connectivity index (χ2v) is 3.11. The molecule has 0 heterocycles. The van der Waals surface area contributed by atoms with Crippen molar-refractivity contribution in [1.29, 1.82) is 0 Å². The van der Waals surface area contributed by atoms with Crippen LogP contribution in [0.3, 0.4) is 0 Å². The third-order valence-electron chi connectivity index (χ3n) is 0.937. The van der Waals surface area contributed by atoms with Crippen molar-refractivity contribution < 1.29 is 14.6 Å². The topological polar surface area (TPSA) is 81.5 Å². The number of rotatable bonds is 2. The first-order valence-corrected chi connectivity index (χ1v) is 3.26. The van der Waals surface area contributed by atoms with Crippen molar-refractivity contribution in [2.24, 2.45) is 5.41 Å². The maximum absolute atomic E-state index is 10.9. The molecule has 0 aliphatic heterocycles. The highest BCUT2D eigenvalue weighted by Crippen LogP contribution is 2.14. The van der Waals surface area contributed by atoms with Crippen molar-refractivity contribution in [2.75, 3.05) is 13.2 Å². The Morgan fingerprint density at radius 2 is 1.91 bits per heavy atom. The minimum absolute atomic E-state index is 0. The molecule has 0 saturated heterocycles. The molecule has 0 aromatic carbocycles. The van der Waals surface area contributed by atoms with Crippen molar-refractivity contribution in [1.82, 2.24) is 6.15 Å². The molecule has 0 unspecified atom stereocenters. The van der Waals surface area contributed by atoms with E-state index in [1.165, 1.54) is 0 Å². The van der Waals surface area contributed by atoms with Crippen LogP contribution in [0.5, 0.6) is 0 Å². The zero-order valence-corrected chi connectivity index (χ0v) is 7.39. The summed E-state index contributed by atoms with van der Waals surface area (Å²) in [6, 6.07) is 0. The molecule has 0 aliphatic rings. The molecule has 0 aliphatic carbocycles. The van der Waals surface area contributed by atoms with Crippen LogP contribution in [0.15, 0.2) is 0 Å². The predicted octanol–water partition coefficient (Wildman–Crippen LogP) is 0.730. The van der Waals surface area contributed by atoms with Gasteiger partial charge in [0.1, 0.15) is 6.61 Å². The SMILES string of the molecule is CC(C)(C)C(=O)OCCO.N. The highest BCUT2D eigenvalue weighted by atomic mass is 16.5. The third kappa shape index (κ3) is 5.82. The largest absolute Gasteiger partial charge is 0.463 e. The van der Waals surface area contributed by atoms with Crippen molar-refractivity contribution >= 4 is 5.97 Å². The Hall–Kier alpha value is -0.610.